The molecule has 0 spiro atoms. The molecule has 2 aromatic heterocycles. The quantitative estimate of drug-likeness (QED) is 0.817. The average Bonchev–Trinajstić information content (AvgIpc) is 2.99. The van der Waals surface area contributed by atoms with Crippen molar-refractivity contribution in [2.45, 2.75) is 53.5 Å². The minimum Gasteiger partial charge on any atom is -0.466 e. The molecule has 0 aliphatic rings. The van der Waals surface area contributed by atoms with E-state index in [-0.39, 0.29) is 6.04 Å². The van der Waals surface area contributed by atoms with Gasteiger partial charge in [-0.25, -0.2) is 0 Å². The Morgan fingerprint density at radius 2 is 1.90 bits per heavy atom. The Morgan fingerprint density at radius 1 is 1.15 bits per heavy atom. The van der Waals surface area contributed by atoms with Gasteiger partial charge >= 0.3 is 0 Å². The van der Waals surface area contributed by atoms with Crippen LogP contribution in [0.25, 0.3) is 0 Å². The first-order chi connectivity index (χ1) is 9.58. The van der Waals surface area contributed by atoms with Crippen LogP contribution in [0.4, 0.5) is 0 Å². The van der Waals surface area contributed by atoms with Gasteiger partial charge in [0.25, 0.3) is 0 Å². The predicted octanol–water partition coefficient (Wildman–Crippen LogP) is 4.92. The van der Waals surface area contributed by atoms with Crippen LogP contribution in [-0.2, 0) is 6.42 Å². The molecule has 0 amide bonds. The van der Waals surface area contributed by atoms with Crippen LogP contribution in [-0.4, -0.2) is 6.54 Å². The van der Waals surface area contributed by atoms with Crippen LogP contribution >= 0.6 is 11.3 Å². The molecule has 1 N–H and O–H groups in total. The van der Waals surface area contributed by atoms with Crippen molar-refractivity contribution in [3.8, 4) is 0 Å². The molecule has 1 unspecified atom stereocenters. The highest BCUT2D eigenvalue weighted by atomic mass is 32.1. The fourth-order valence-corrected chi connectivity index (χ4v) is 3.65. The van der Waals surface area contributed by atoms with E-state index in [0.717, 1.165) is 30.9 Å². The topological polar surface area (TPSA) is 25.2 Å². The summed E-state index contributed by atoms with van der Waals surface area (Å²) >= 11 is 1.91. The summed E-state index contributed by atoms with van der Waals surface area (Å²) < 4.78 is 5.83. The third-order valence-corrected chi connectivity index (χ3v) is 5.11. The van der Waals surface area contributed by atoms with Gasteiger partial charge in [0.15, 0.2) is 0 Å². The molecule has 0 aliphatic carbocycles. The van der Waals surface area contributed by atoms with Crippen molar-refractivity contribution in [2.75, 3.05) is 6.54 Å². The molecule has 3 heteroatoms. The van der Waals surface area contributed by atoms with Crippen molar-refractivity contribution < 1.29 is 4.42 Å². The van der Waals surface area contributed by atoms with Gasteiger partial charge in [0, 0.05) is 15.3 Å². The summed E-state index contributed by atoms with van der Waals surface area (Å²) in [5.74, 6) is 2.08. The second-order valence-corrected chi connectivity index (χ2v) is 6.50. The fourth-order valence-electron chi connectivity index (χ4n) is 2.61. The van der Waals surface area contributed by atoms with Gasteiger partial charge in [-0.2, -0.15) is 0 Å². The lowest BCUT2D eigenvalue weighted by Crippen LogP contribution is -2.23. The molecule has 0 aliphatic heterocycles. The van der Waals surface area contributed by atoms with E-state index in [9.17, 15) is 0 Å². The molecule has 1 atom stereocenters. The number of nitrogens with one attached hydrogen (secondary N) is 1. The smallest absolute Gasteiger partial charge is 0.106 e. The number of hydrogen-bond acceptors (Lipinski definition) is 3. The van der Waals surface area contributed by atoms with Crippen molar-refractivity contribution >= 4 is 11.3 Å². The Bertz CT molecular complexity index is 568. The largest absolute Gasteiger partial charge is 0.466 e. The van der Waals surface area contributed by atoms with E-state index in [2.05, 4.69) is 52.1 Å². The Labute approximate surface area is 126 Å². The molecule has 2 nitrogen and oxygen atoms in total. The first-order valence-corrected chi connectivity index (χ1v) is 8.28. The van der Waals surface area contributed by atoms with E-state index >= 15 is 0 Å². The Kier molecular flexibility index (Phi) is 5.06. The lowest BCUT2D eigenvalue weighted by atomic mass is 10.0. The molecule has 20 heavy (non-hydrogen) atoms. The third-order valence-electron chi connectivity index (χ3n) is 3.82. The van der Waals surface area contributed by atoms with Gasteiger partial charge in [-0.1, -0.05) is 13.8 Å². The molecule has 2 aromatic rings. The zero-order valence-corrected chi connectivity index (χ0v) is 14.0. The van der Waals surface area contributed by atoms with Crippen molar-refractivity contribution in [2.24, 2.45) is 0 Å². The summed E-state index contributed by atoms with van der Waals surface area (Å²) in [6.07, 6.45) is 2.24. The van der Waals surface area contributed by atoms with Crippen molar-refractivity contribution in [1.82, 2.24) is 5.32 Å². The second kappa shape index (κ2) is 6.59. The normalized spacial score (nSPS) is 12.8. The Hall–Kier alpha value is -1.06. The molecular weight excluding hydrogens is 266 g/mol. The third kappa shape index (κ3) is 2.99. The van der Waals surface area contributed by atoms with Crippen LogP contribution in [0.1, 0.15) is 58.7 Å². The zero-order valence-electron chi connectivity index (χ0n) is 13.2. The van der Waals surface area contributed by atoms with Crippen LogP contribution in [0.5, 0.6) is 0 Å². The maximum atomic E-state index is 5.83. The number of rotatable bonds is 6. The highest BCUT2D eigenvalue weighted by Gasteiger charge is 2.23. The summed E-state index contributed by atoms with van der Waals surface area (Å²) in [5, 5.41) is 3.68. The summed E-state index contributed by atoms with van der Waals surface area (Å²) in [7, 11) is 0. The summed E-state index contributed by atoms with van der Waals surface area (Å²) in [6.45, 7) is 11.7. The minimum atomic E-state index is 0.262. The molecule has 0 bridgehead atoms. The SMILES string of the molecule is CCCNC(c1ccc(CC)s1)c1c(C)oc(C)c1C. The molecule has 0 saturated carbocycles. The standard InChI is InChI=1S/C17H25NOS/c1-6-10-18-17(15-9-8-14(7-2)20-15)16-11(3)12(4)19-13(16)5/h8-9,17-18H,6-7,10H2,1-5H3. The number of hydrogen-bond donors (Lipinski definition) is 1. The molecule has 0 fully saturated rings. The van der Waals surface area contributed by atoms with E-state index in [0.29, 0.717) is 0 Å². The molecule has 0 radical (unpaired) electrons. The second-order valence-electron chi connectivity index (χ2n) is 5.30. The van der Waals surface area contributed by atoms with Gasteiger partial charge in [0.2, 0.25) is 0 Å². The molecule has 2 rings (SSSR count). The number of aryl methyl sites for hydroxylation is 3. The summed E-state index contributed by atoms with van der Waals surface area (Å²) in [5.41, 5.74) is 2.60. The highest BCUT2D eigenvalue weighted by molar-refractivity contribution is 7.12. The maximum Gasteiger partial charge on any atom is 0.106 e. The van der Waals surface area contributed by atoms with E-state index in [1.54, 1.807) is 0 Å². The van der Waals surface area contributed by atoms with Crippen molar-refractivity contribution in [3.05, 3.63) is 44.5 Å². The molecule has 110 valence electrons. The number of thiophene rings is 1. The van der Waals surface area contributed by atoms with E-state index < -0.39 is 0 Å². The summed E-state index contributed by atoms with van der Waals surface area (Å²) in [4.78, 5) is 2.83. The fraction of sp³-hybridized carbons (Fsp3) is 0.529. The van der Waals surface area contributed by atoms with Crippen LogP contribution in [0.3, 0.4) is 0 Å². The van der Waals surface area contributed by atoms with Gasteiger partial charge in [-0.15, -0.1) is 11.3 Å². The number of furan rings is 1. The monoisotopic (exact) mass is 291 g/mol. The van der Waals surface area contributed by atoms with E-state index in [1.807, 2.05) is 11.3 Å². The van der Waals surface area contributed by atoms with Crippen molar-refractivity contribution in [3.63, 3.8) is 0 Å². The molecule has 0 aromatic carbocycles. The Balaban J connectivity index is 2.41. The average molecular weight is 291 g/mol. The van der Waals surface area contributed by atoms with E-state index in [4.69, 9.17) is 4.42 Å². The van der Waals surface area contributed by atoms with Gasteiger partial charge in [-0.05, 0) is 57.9 Å². The first kappa shape index (κ1) is 15.3. The van der Waals surface area contributed by atoms with Gasteiger partial charge in [0.1, 0.15) is 11.5 Å². The predicted molar refractivity (Wildman–Crippen MR) is 86.8 cm³/mol. The Morgan fingerprint density at radius 3 is 2.40 bits per heavy atom. The van der Waals surface area contributed by atoms with Crippen LogP contribution in [0.2, 0.25) is 0 Å². The molecule has 2 heterocycles. The molecular formula is C17H25NOS. The van der Waals surface area contributed by atoms with Gasteiger partial charge in [-0.3, -0.25) is 0 Å². The lowest BCUT2D eigenvalue weighted by molar-refractivity contribution is 0.493. The highest BCUT2D eigenvalue weighted by Crippen LogP contribution is 2.34. The van der Waals surface area contributed by atoms with Gasteiger partial charge < -0.3 is 9.73 Å². The maximum absolute atomic E-state index is 5.83. The first-order valence-electron chi connectivity index (χ1n) is 7.46. The van der Waals surface area contributed by atoms with Crippen LogP contribution in [0.15, 0.2) is 16.5 Å². The van der Waals surface area contributed by atoms with Gasteiger partial charge in [0.05, 0.1) is 6.04 Å². The van der Waals surface area contributed by atoms with Crippen LogP contribution < -0.4 is 5.32 Å². The zero-order chi connectivity index (χ0) is 14.7. The summed E-state index contributed by atoms with van der Waals surface area (Å²) in [6, 6.07) is 4.77. The van der Waals surface area contributed by atoms with E-state index in [1.165, 1.54) is 20.9 Å². The van der Waals surface area contributed by atoms with Crippen LogP contribution in [0, 0.1) is 20.8 Å². The van der Waals surface area contributed by atoms with Crippen molar-refractivity contribution in [1.29, 1.82) is 0 Å². The lowest BCUT2D eigenvalue weighted by Gasteiger charge is -2.18. The minimum absolute atomic E-state index is 0.262. The molecule has 0 saturated heterocycles.